The summed E-state index contributed by atoms with van der Waals surface area (Å²) in [5.41, 5.74) is 1.73. The molecule has 2 aliphatic heterocycles. The Balaban J connectivity index is 1.56. The van der Waals surface area contributed by atoms with Gasteiger partial charge in [-0.15, -0.1) is 0 Å². The van der Waals surface area contributed by atoms with Gasteiger partial charge in [-0.05, 0) is 37.5 Å². The summed E-state index contributed by atoms with van der Waals surface area (Å²) in [7, 11) is 0. The summed E-state index contributed by atoms with van der Waals surface area (Å²) >= 11 is 0. The number of rotatable bonds is 2. The molecule has 126 valence electrons. The van der Waals surface area contributed by atoms with Gasteiger partial charge >= 0.3 is 0 Å². The van der Waals surface area contributed by atoms with Gasteiger partial charge in [-0.2, -0.15) is 5.10 Å². The summed E-state index contributed by atoms with van der Waals surface area (Å²) in [6, 6.07) is 5.74. The lowest BCUT2D eigenvalue weighted by molar-refractivity contribution is 0.0663. The van der Waals surface area contributed by atoms with E-state index in [2.05, 4.69) is 5.10 Å². The van der Waals surface area contributed by atoms with Crippen molar-refractivity contribution in [3.8, 4) is 11.5 Å². The van der Waals surface area contributed by atoms with Crippen LogP contribution in [0.1, 0.15) is 34.8 Å². The molecule has 4 rings (SSSR count). The third-order valence-corrected chi connectivity index (χ3v) is 4.59. The highest BCUT2D eigenvalue weighted by atomic mass is 16.6. The zero-order chi connectivity index (χ0) is 16.5. The number of ether oxygens (including phenoxy) is 2. The van der Waals surface area contributed by atoms with Crippen molar-refractivity contribution in [2.45, 2.75) is 25.8 Å². The van der Waals surface area contributed by atoms with E-state index in [0.29, 0.717) is 36.8 Å². The summed E-state index contributed by atoms with van der Waals surface area (Å²) in [4.78, 5) is 14.9. The molecule has 24 heavy (non-hydrogen) atoms. The second kappa shape index (κ2) is 6.19. The van der Waals surface area contributed by atoms with Gasteiger partial charge in [-0.1, -0.05) is 6.07 Å². The fraction of sp³-hybridized carbons (Fsp3) is 0.444. The molecule has 3 heterocycles. The van der Waals surface area contributed by atoms with Gasteiger partial charge in [0.25, 0.3) is 5.91 Å². The highest BCUT2D eigenvalue weighted by Gasteiger charge is 2.29. The van der Waals surface area contributed by atoms with E-state index in [-0.39, 0.29) is 11.9 Å². The Morgan fingerprint density at radius 2 is 2.17 bits per heavy atom. The molecule has 0 radical (unpaired) electrons. The monoisotopic (exact) mass is 327 g/mol. The third kappa shape index (κ3) is 2.72. The van der Waals surface area contributed by atoms with Crippen LogP contribution < -0.4 is 9.47 Å². The fourth-order valence-corrected chi connectivity index (χ4v) is 3.40. The predicted molar refractivity (Wildman–Crippen MR) is 88.6 cm³/mol. The molecule has 6 nitrogen and oxygen atoms in total. The van der Waals surface area contributed by atoms with Crippen molar-refractivity contribution in [2.75, 3.05) is 26.3 Å². The van der Waals surface area contributed by atoms with Gasteiger partial charge in [-0.3, -0.25) is 9.48 Å². The first-order chi connectivity index (χ1) is 11.7. The Kier molecular flexibility index (Phi) is 3.88. The predicted octanol–water partition coefficient (Wildman–Crippen LogP) is 2.44. The number of fused-ring (bicyclic) bond motifs is 1. The van der Waals surface area contributed by atoms with Crippen LogP contribution in [-0.4, -0.2) is 46.9 Å². The van der Waals surface area contributed by atoms with Crippen molar-refractivity contribution in [1.29, 1.82) is 0 Å². The van der Waals surface area contributed by atoms with Crippen LogP contribution in [0.2, 0.25) is 0 Å². The first kappa shape index (κ1) is 15.1. The van der Waals surface area contributed by atoms with E-state index in [4.69, 9.17) is 9.47 Å². The van der Waals surface area contributed by atoms with Gasteiger partial charge in [-0.25, -0.2) is 0 Å². The van der Waals surface area contributed by atoms with Gasteiger partial charge in [0, 0.05) is 19.3 Å². The normalized spacial score (nSPS) is 20.0. The zero-order valence-corrected chi connectivity index (χ0v) is 13.8. The molecule has 0 N–H and O–H groups in total. The lowest BCUT2D eigenvalue weighted by atomic mass is 10.0. The highest BCUT2D eigenvalue weighted by Crippen LogP contribution is 2.35. The number of carbonyl (C=O) groups excluding carboxylic acids is 1. The Morgan fingerprint density at radius 1 is 1.29 bits per heavy atom. The number of likely N-dealkylation sites (tertiary alicyclic amines) is 1. The minimum atomic E-state index is 0.00549. The summed E-state index contributed by atoms with van der Waals surface area (Å²) in [5.74, 6) is 1.24. The van der Waals surface area contributed by atoms with Gasteiger partial charge in [0.15, 0.2) is 11.5 Å². The van der Waals surface area contributed by atoms with E-state index in [0.717, 1.165) is 24.9 Å². The van der Waals surface area contributed by atoms with Gasteiger partial charge in [0.05, 0.1) is 17.8 Å². The Hall–Kier alpha value is -2.50. The molecule has 1 amide bonds. The van der Waals surface area contributed by atoms with Crippen molar-refractivity contribution in [1.82, 2.24) is 14.7 Å². The maximum absolute atomic E-state index is 13.0. The van der Waals surface area contributed by atoms with Crippen molar-refractivity contribution in [2.24, 2.45) is 0 Å². The summed E-state index contributed by atoms with van der Waals surface area (Å²) in [6.45, 7) is 4.47. The Labute approximate surface area is 141 Å². The first-order valence-electron chi connectivity index (χ1n) is 8.41. The van der Waals surface area contributed by atoms with E-state index in [9.17, 15) is 4.79 Å². The van der Waals surface area contributed by atoms with Gasteiger partial charge in [0.1, 0.15) is 13.2 Å². The molecule has 1 saturated heterocycles. The van der Waals surface area contributed by atoms with Crippen molar-refractivity contribution in [3.63, 3.8) is 0 Å². The summed E-state index contributed by atoms with van der Waals surface area (Å²) < 4.78 is 13.3. The van der Waals surface area contributed by atoms with E-state index in [1.807, 2.05) is 47.1 Å². The molecule has 0 aliphatic carbocycles. The zero-order valence-electron chi connectivity index (χ0n) is 13.8. The highest BCUT2D eigenvalue weighted by molar-refractivity contribution is 5.98. The molecule has 0 bridgehead atoms. The van der Waals surface area contributed by atoms with E-state index < -0.39 is 0 Å². The number of piperidine rings is 1. The number of nitrogens with zero attached hydrogens (tertiary/aromatic N) is 3. The molecule has 1 aromatic carbocycles. The first-order valence-corrected chi connectivity index (χ1v) is 8.41. The number of benzene rings is 1. The minimum absolute atomic E-state index is 0.00549. The smallest absolute Gasteiger partial charge is 0.257 e. The number of para-hydroxylation sites is 1. The maximum atomic E-state index is 13.0. The van der Waals surface area contributed by atoms with E-state index >= 15 is 0 Å². The second-order valence-corrected chi connectivity index (χ2v) is 6.37. The lowest BCUT2D eigenvalue weighted by Crippen LogP contribution is -2.41. The topological polar surface area (TPSA) is 56.6 Å². The second-order valence-electron chi connectivity index (χ2n) is 6.37. The molecular weight excluding hydrogens is 306 g/mol. The van der Waals surface area contributed by atoms with Gasteiger partial charge < -0.3 is 14.4 Å². The molecule has 1 aromatic heterocycles. The molecule has 6 heteroatoms. The third-order valence-electron chi connectivity index (χ3n) is 4.59. The van der Waals surface area contributed by atoms with Crippen LogP contribution in [-0.2, 0) is 0 Å². The molecule has 0 spiro atoms. The number of aryl methyl sites for hydroxylation is 1. The molecular formula is C18H21N3O3. The number of hydrogen-bond donors (Lipinski definition) is 0. The summed E-state index contributed by atoms with van der Waals surface area (Å²) in [6.07, 6.45) is 5.92. The average Bonchev–Trinajstić information content (AvgIpc) is 3.07. The summed E-state index contributed by atoms with van der Waals surface area (Å²) in [5, 5.41) is 4.41. The van der Waals surface area contributed by atoms with Crippen LogP contribution >= 0.6 is 0 Å². The fourth-order valence-electron chi connectivity index (χ4n) is 3.40. The maximum Gasteiger partial charge on any atom is 0.257 e. The molecule has 0 saturated carbocycles. The molecule has 2 aromatic rings. The number of carbonyl (C=O) groups is 1. The lowest BCUT2D eigenvalue weighted by Gasteiger charge is -2.33. The number of hydrogen-bond acceptors (Lipinski definition) is 4. The molecule has 0 unspecified atom stereocenters. The van der Waals surface area contributed by atoms with Crippen LogP contribution in [0.25, 0.3) is 0 Å². The van der Waals surface area contributed by atoms with Crippen LogP contribution in [0, 0.1) is 6.92 Å². The quantitative estimate of drug-likeness (QED) is 0.850. The SMILES string of the molecule is Cc1cnn([C@H]2CCCN(C(=O)c3cccc4c3OCCO4)C2)c1. The van der Waals surface area contributed by atoms with Crippen LogP contribution in [0.3, 0.4) is 0 Å². The average molecular weight is 327 g/mol. The standard InChI is InChI=1S/C18H21N3O3/c1-13-10-19-21(11-13)14-4-3-7-20(12-14)18(22)15-5-2-6-16-17(15)24-9-8-23-16/h2,5-6,10-11,14H,3-4,7-9,12H2,1H3/t14-/m0/s1. The Bertz CT molecular complexity index is 756. The van der Waals surface area contributed by atoms with E-state index in [1.165, 1.54) is 0 Å². The van der Waals surface area contributed by atoms with Crippen molar-refractivity contribution >= 4 is 5.91 Å². The van der Waals surface area contributed by atoms with Gasteiger partial charge in [0.2, 0.25) is 0 Å². The number of amides is 1. The van der Waals surface area contributed by atoms with Crippen molar-refractivity contribution in [3.05, 3.63) is 41.7 Å². The van der Waals surface area contributed by atoms with Crippen LogP contribution in [0.4, 0.5) is 0 Å². The minimum Gasteiger partial charge on any atom is -0.486 e. The van der Waals surface area contributed by atoms with Crippen LogP contribution in [0.15, 0.2) is 30.6 Å². The molecule has 1 fully saturated rings. The molecule has 1 atom stereocenters. The molecule has 2 aliphatic rings. The Morgan fingerprint density at radius 3 is 3.00 bits per heavy atom. The largest absolute Gasteiger partial charge is 0.486 e. The number of aromatic nitrogens is 2. The van der Waals surface area contributed by atoms with Crippen LogP contribution in [0.5, 0.6) is 11.5 Å². The van der Waals surface area contributed by atoms with Crippen molar-refractivity contribution < 1.29 is 14.3 Å². The van der Waals surface area contributed by atoms with E-state index in [1.54, 1.807) is 0 Å².